The van der Waals surface area contributed by atoms with Gasteiger partial charge in [0.15, 0.2) is 0 Å². The third kappa shape index (κ3) is 4.25. The number of hydrogen-bond acceptors (Lipinski definition) is 7. The smallest absolute Gasteiger partial charge is 0.243 e. The van der Waals surface area contributed by atoms with E-state index in [0.29, 0.717) is 38.4 Å². The van der Waals surface area contributed by atoms with Gasteiger partial charge in [-0.3, -0.25) is 4.90 Å². The average molecular weight is 500 g/mol. The standard InChI is InChI=1S/C24H29N5O3S2/c1-4-29-21-10-9-18(34(30,31)28-11-13-32-14-12-28)15-20(21)25-23(29)16-27(3)17(2)24-26-19-7-5-6-8-22(19)33-24/h5-10,15,17H,4,11-14,16H2,1-3H3. The molecule has 2 aromatic heterocycles. The highest BCUT2D eigenvalue weighted by Gasteiger charge is 2.27. The molecule has 0 bridgehead atoms. The molecule has 0 radical (unpaired) electrons. The zero-order valence-electron chi connectivity index (χ0n) is 19.6. The van der Waals surface area contributed by atoms with Gasteiger partial charge in [-0.05, 0) is 51.2 Å². The van der Waals surface area contributed by atoms with Gasteiger partial charge in [-0.2, -0.15) is 4.31 Å². The molecule has 1 aliphatic heterocycles. The van der Waals surface area contributed by atoms with Crippen LogP contribution in [0.2, 0.25) is 0 Å². The lowest BCUT2D eigenvalue weighted by molar-refractivity contribution is 0.0730. The van der Waals surface area contributed by atoms with E-state index >= 15 is 0 Å². The molecule has 0 saturated carbocycles. The van der Waals surface area contributed by atoms with Crippen LogP contribution in [0.1, 0.15) is 30.7 Å². The molecule has 34 heavy (non-hydrogen) atoms. The summed E-state index contributed by atoms with van der Waals surface area (Å²) in [5.41, 5.74) is 2.67. The minimum atomic E-state index is -3.56. The molecule has 1 saturated heterocycles. The number of para-hydroxylation sites is 1. The van der Waals surface area contributed by atoms with Gasteiger partial charge < -0.3 is 9.30 Å². The summed E-state index contributed by atoms with van der Waals surface area (Å²) < 4.78 is 36.4. The number of imidazole rings is 1. The first-order chi connectivity index (χ1) is 16.4. The topological polar surface area (TPSA) is 80.6 Å². The Bertz CT molecular complexity index is 1390. The van der Waals surface area contributed by atoms with E-state index in [1.54, 1.807) is 23.5 Å². The maximum atomic E-state index is 13.1. The molecular formula is C24H29N5O3S2. The van der Waals surface area contributed by atoms with Crippen molar-refractivity contribution in [2.24, 2.45) is 0 Å². The number of morpholine rings is 1. The molecule has 0 spiro atoms. The Morgan fingerprint density at radius 3 is 2.62 bits per heavy atom. The van der Waals surface area contributed by atoms with Crippen molar-refractivity contribution < 1.29 is 13.2 Å². The lowest BCUT2D eigenvalue weighted by Gasteiger charge is -2.26. The van der Waals surface area contributed by atoms with Crippen molar-refractivity contribution in [3.05, 3.63) is 53.3 Å². The highest BCUT2D eigenvalue weighted by atomic mass is 32.2. The summed E-state index contributed by atoms with van der Waals surface area (Å²) >= 11 is 1.72. The Balaban J connectivity index is 1.42. The zero-order valence-corrected chi connectivity index (χ0v) is 21.3. The van der Waals surface area contributed by atoms with Gasteiger partial charge in [0.1, 0.15) is 10.8 Å². The van der Waals surface area contributed by atoms with Crippen LogP contribution in [0.5, 0.6) is 0 Å². The van der Waals surface area contributed by atoms with E-state index in [0.717, 1.165) is 28.4 Å². The lowest BCUT2D eigenvalue weighted by Crippen LogP contribution is -2.40. The van der Waals surface area contributed by atoms with Crippen molar-refractivity contribution in [2.75, 3.05) is 33.4 Å². The molecule has 180 valence electrons. The SMILES string of the molecule is CCn1c(CN(C)C(C)c2nc3ccccc3s2)nc2cc(S(=O)(=O)N3CCOCC3)ccc21. The molecule has 1 unspecified atom stereocenters. The van der Waals surface area contributed by atoms with E-state index in [1.165, 1.54) is 9.01 Å². The van der Waals surface area contributed by atoms with E-state index in [9.17, 15) is 8.42 Å². The molecule has 5 rings (SSSR count). The second kappa shape index (κ2) is 9.35. The molecule has 0 N–H and O–H groups in total. The summed E-state index contributed by atoms with van der Waals surface area (Å²) in [7, 11) is -1.49. The largest absolute Gasteiger partial charge is 0.379 e. The minimum Gasteiger partial charge on any atom is -0.379 e. The number of rotatable bonds is 7. The molecule has 4 aromatic rings. The van der Waals surface area contributed by atoms with Crippen LogP contribution in [-0.4, -0.2) is 65.5 Å². The summed E-state index contributed by atoms with van der Waals surface area (Å²) in [6.07, 6.45) is 0. The number of aromatic nitrogens is 3. The van der Waals surface area contributed by atoms with Gasteiger partial charge in [-0.15, -0.1) is 11.3 Å². The predicted molar refractivity (Wildman–Crippen MR) is 134 cm³/mol. The Hall–Kier alpha value is -2.37. The highest BCUT2D eigenvalue weighted by molar-refractivity contribution is 7.89. The van der Waals surface area contributed by atoms with Crippen molar-refractivity contribution in [3.8, 4) is 0 Å². The van der Waals surface area contributed by atoms with Crippen molar-refractivity contribution in [3.63, 3.8) is 0 Å². The molecule has 8 nitrogen and oxygen atoms in total. The molecular weight excluding hydrogens is 470 g/mol. The van der Waals surface area contributed by atoms with E-state index in [4.69, 9.17) is 14.7 Å². The first kappa shape index (κ1) is 23.4. The average Bonchev–Trinajstić information content (AvgIpc) is 3.44. The molecule has 2 aromatic carbocycles. The number of thiazole rings is 1. The first-order valence-corrected chi connectivity index (χ1v) is 13.8. The minimum absolute atomic E-state index is 0.125. The van der Waals surface area contributed by atoms with Crippen molar-refractivity contribution in [1.82, 2.24) is 23.7 Å². The van der Waals surface area contributed by atoms with Gasteiger partial charge >= 0.3 is 0 Å². The van der Waals surface area contributed by atoms with E-state index in [2.05, 4.69) is 36.4 Å². The normalized spacial score (nSPS) is 16.6. The zero-order chi connectivity index (χ0) is 23.9. The second-order valence-electron chi connectivity index (χ2n) is 8.55. The van der Waals surface area contributed by atoms with E-state index in [-0.39, 0.29) is 10.9 Å². The fourth-order valence-corrected chi connectivity index (χ4v) is 6.86. The summed E-state index contributed by atoms with van der Waals surface area (Å²) in [6.45, 7) is 7.23. The van der Waals surface area contributed by atoms with Crippen LogP contribution in [0.15, 0.2) is 47.4 Å². The number of aryl methyl sites for hydroxylation is 1. The third-order valence-corrected chi connectivity index (χ3v) is 9.54. The van der Waals surface area contributed by atoms with Crippen LogP contribution in [0.4, 0.5) is 0 Å². The second-order valence-corrected chi connectivity index (χ2v) is 11.6. The number of benzene rings is 2. The number of nitrogens with zero attached hydrogens (tertiary/aromatic N) is 5. The van der Waals surface area contributed by atoms with Gasteiger partial charge in [0.05, 0.1) is 51.9 Å². The van der Waals surface area contributed by atoms with Gasteiger partial charge in [0.25, 0.3) is 0 Å². The fourth-order valence-electron chi connectivity index (χ4n) is 4.35. The molecule has 0 aliphatic carbocycles. The van der Waals surface area contributed by atoms with Crippen LogP contribution < -0.4 is 0 Å². The van der Waals surface area contributed by atoms with Crippen LogP contribution in [-0.2, 0) is 27.8 Å². The first-order valence-electron chi connectivity index (χ1n) is 11.5. The molecule has 1 fully saturated rings. The van der Waals surface area contributed by atoms with E-state index < -0.39 is 10.0 Å². The molecule has 1 aliphatic rings. The van der Waals surface area contributed by atoms with Crippen molar-refractivity contribution >= 4 is 42.6 Å². The van der Waals surface area contributed by atoms with Crippen molar-refractivity contribution in [2.45, 2.75) is 37.9 Å². The fraction of sp³-hybridized carbons (Fsp3) is 0.417. The number of sulfonamides is 1. The van der Waals surface area contributed by atoms with Gasteiger partial charge in [-0.25, -0.2) is 18.4 Å². The molecule has 0 amide bonds. The maximum Gasteiger partial charge on any atom is 0.243 e. The Morgan fingerprint density at radius 1 is 1.12 bits per heavy atom. The van der Waals surface area contributed by atoms with Crippen LogP contribution in [0, 0.1) is 0 Å². The number of hydrogen-bond donors (Lipinski definition) is 0. The van der Waals surface area contributed by atoms with Crippen LogP contribution >= 0.6 is 11.3 Å². The summed E-state index contributed by atoms with van der Waals surface area (Å²) in [6, 6.07) is 13.6. The molecule has 10 heteroatoms. The molecule has 3 heterocycles. The van der Waals surface area contributed by atoms with Gasteiger partial charge in [-0.1, -0.05) is 12.1 Å². The quantitative estimate of drug-likeness (QED) is 0.384. The summed E-state index contributed by atoms with van der Waals surface area (Å²) in [4.78, 5) is 12.2. The van der Waals surface area contributed by atoms with Gasteiger partial charge in [0.2, 0.25) is 10.0 Å². The van der Waals surface area contributed by atoms with Crippen molar-refractivity contribution in [1.29, 1.82) is 0 Å². The Morgan fingerprint density at radius 2 is 1.88 bits per heavy atom. The Labute approximate surface area is 203 Å². The molecule has 1 atom stereocenters. The number of ether oxygens (including phenoxy) is 1. The summed E-state index contributed by atoms with van der Waals surface area (Å²) in [5.74, 6) is 0.911. The lowest BCUT2D eigenvalue weighted by atomic mass is 10.3. The van der Waals surface area contributed by atoms with Crippen LogP contribution in [0.3, 0.4) is 0 Å². The predicted octanol–water partition coefficient (Wildman–Crippen LogP) is 3.88. The number of fused-ring (bicyclic) bond motifs is 2. The maximum absolute atomic E-state index is 13.1. The Kier molecular flexibility index (Phi) is 6.43. The monoisotopic (exact) mass is 499 g/mol. The highest BCUT2D eigenvalue weighted by Crippen LogP contribution is 2.30. The van der Waals surface area contributed by atoms with E-state index in [1.807, 2.05) is 24.3 Å². The summed E-state index contributed by atoms with van der Waals surface area (Å²) in [5, 5.41) is 1.07. The van der Waals surface area contributed by atoms with Crippen LogP contribution in [0.25, 0.3) is 21.3 Å². The van der Waals surface area contributed by atoms with Gasteiger partial charge in [0, 0.05) is 19.6 Å². The third-order valence-electron chi connectivity index (χ3n) is 6.44.